The summed E-state index contributed by atoms with van der Waals surface area (Å²) in [7, 11) is 3.91. The summed E-state index contributed by atoms with van der Waals surface area (Å²) in [6.45, 7) is 0. The number of hydrogen-bond acceptors (Lipinski definition) is 3. The van der Waals surface area contributed by atoms with E-state index in [4.69, 9.17) is 0 Å². The van der Waals surface area contributed by atoms with E-state index in [0.717, 1.165) is 15.7 Å². The third kappa shape index (κ3) is 4.70. The minimum absolute atomic E-state index is 0.0579. The maximum atomic E-state index is 12.2. The van der Waals surface area contributed by atoms with Gasteiger partial charge in [0.2, 0.25) is 0 Å². The summed E-state index contributed by atoms with van der Waals surface area (Å²) in [6, 6.07) is 16.8. The molecule has 0 aliphatic heterocycles. The highest BCUT2D eigenvalue weighted by atomic mass is 79.9. The van der Waals surface area contributed by atoms with Crippen molar-refractivity contribution in [1.29, 1.82) is 5.26 Å². The number of amides is 1. The largest absolute Gasteiger partial charge is 0.378 e. The fraction of sp³-hybridized carbons (Fsp3) is 0.111. The SMILES string of the molecule is CN(C)c1ccc(/C=C(\C#N)C(=O)Nc2cccc(Br)c2)cc1. The van der Waals surface area contributed by atoms with Crippen LogP contribution in [0.2, 0.25) is 0 Å². The first kappa shape index (κ1) is 16.8. The third-order valence-corrected chi connectivity index (χ3v) is 3.66. The van der Waals surface area contributed by atoms with Crippen molar-refractivity contribution in [3.8, 4) is 6.07 Å². The molecule has 0 saturated heterocycles. The number of halogens is 1. The minimum Gasteiger partial charge on any atom is -0.378 e. The lowest BCUT2D eigenvalue weighted by Gasteiger charge is -2.12. The van der Waals surface area contributed by atoms with Crippen LogP contribution in [-0.2, 0) is 4.79 Å². The highest BCUT2D eigenvalue weighted by Crippen LogP contribution is 2.18. The highest BCUT2D eigenvalue weighted by molar-refractivity contribution is 9.10. The number of hydrogen-bond donors (Lipinski definition) is 1. The van der Waals surface area contributed by atoms with Gasteiger partial charge in [-0.05, 0) is 42.0 Å². The molecule has 0 aromatic heterocycles. The van der Waals surface area contributed by atoms with Gasteiger partial charge in [0, 0.05) is 29.9 Å². The molecule has 0 radical (unpaired) electrons. The first-order valence-electron chi connectivity index (χ1n) is 6.95. The van der Waals surface area contributed by atoms with Crippen molar-refractivity contribution in [2.75, 3.05) is 24.3 Å². The van der Waals surface area contributed by atoms with Crippen molar-refractivity contribution in [2.45, 2.75) is 0 Å². The molecule has 0 heterocycles. The van der Waals surface area contributed by atoms with E-state index in [-0.39, 0.29) is 5.57 Å². The first-order chi connectivity index (χ1) is 11.0. The predicted molar refractivity (Wildman–Crippen MR) is 97.1 cm³/mol. The summed E-state index contributed by atoms with van der Waals surface area (Å²) in [5.74, 6) is -0.428. The molecule has 4 nitrogen and oxygen atoms in total. The molecule has 0 spiro atoms. The summed E-state index contributed by atoms with van der Waals surface area (Å²) in [5.41, 5.74) is 2.55. The number of anilines is 2. The summed E-state index contributed by atoms with van der Waals surface area (Å²) >= 11 is 3.34. The van der Waals surface area contributed by atoms with Gasteiger partial charge in [-0.2, -0.15) is 5.26 Å². The molecule has 2 aromatic carbocycles. The molecule has 5 heteroatoms. The van der Waals surface area contributed by atoms with Crippen molar-refractivity contribution >= 4 is 39.3 Å². The smallest absolute Gasteiger partial charge is 0.266 e. The topological polar surface area (TPSA) is 56.1 Å². The Bertz CT molecular complexity index is 774. The van der Waals surface area contributed by atoms with Crippen LogP contribution in [0.5, 0.6) is 0 Å². The lowest BCUT2D eigenvalue weighted by molar-refractivity contribution is -0.112. The number of nitrogens with zero attached hydrogens (tertiary/aromatic N) is 2. The zero-order valence-corrected chi connectivity index (χ0v) is 14.5. The fourth-order valence-electron chi connectivity index (χ4n) is 1.95. The summed E-state index contributed by atoms with van der Waals surface area (Å²) < 4.78 is 0.858. The maximum Gasteiger partial charge on any atom is 0.266 e. The summed E-state index contributed by atoms with van der Waals surface area (Å²) in [5, 5.41) is 12.0. The van der Waals surface area contributed by atoms with Crippen molar-refractivity contribution in [3.63, 3.8) is 0 Å². The van der Waals surface area contributed by atoms with Gasteiger partial charge in [-0.3, -0.25) is 4.79 Å². The quantitative estimate of drug-likeness (QED) is 0.652. The average Bonchev–Trinajstić information content (AvgIpc) is 2.53. The van der Waals surface area contributed by atoms with Crippen LogP contribution in [0.4, 0.5) is 11.4 Å². The Morgan fingerprint density at radius 3 is 2.48 bits per heavy atom. The van der Waals surface area contributed by atoms with Crippen molar-refractivity contribution in [2.24, 2.45) is 0 Å². The second-order valence-corrected chi connectivity index (χ2v) is 6.04. The van der Waals surface area contributed by atoms with Gasteiger partial charge in [0.05, 0.1) is 0 Å². The Kier molecular flexibility index (Phi) is 5.56. The fourth-order valence-corrected chi connectivity index (χ4v) is 2.35. The lowest BCUT2D eigenvalue weighted by atomic mass is 10.1. The van der Waals surface area contributed by atoms with Crippen molar-refractivity contribution in [1.82, 2.24) is 0 Å². The van der Waals surface area contributed by atoms with Gasteiger partial charge in [-0.25, -0.2) is 0 Å². The Balaban J connectivity index is 2.18. The first-order valence-corrected chi connectivity index (χ1v) is 7.75. The van der Waals surface area contributed by atoms with E-state index in [1.165, 1.54) is 0 Å². The number of nitriles is 1. The van der Waals surface area contributed by atoms with Crippen molar-refractivity contribution in [3.05, 3.63) is 64.1 Å². The van der Waals surface area contributed by atoms with Crippen LogP contribution in [0.25, 0.3) is 6.08 Å². The van der Waals surface area contributed by atoms with E-state index in [2.05, 4.69) is 21.2 Å². The molecule has 0 fully saturated rings. The zero-order chi connectivity index (χ0) is 16.8. The van der Waals surface area contributed by atoms with E-state index >= 15 is 0 Å². The molecule has 1 N–H and O–H groups in total. The Hall–Kier alpha value is -2.58. The van der Waals surface area contributed by atoms with Gasteiger partial charge in [0.15, 0.2) is 0 Å². The van der Waals surface area contributed by atoms with Gasteiger partial charge >= 0.3 is 0 Å². The second-order valence-electron chi connectivity index (χ2n) is 5.12. The zero-order valence-electron chi connectivity index (χ0n) is 12.9. The number of carbonyl (C=O) groups is 1. The van der Waals surface area contributed by atoms with Gasteiger partial charge in [-0.1, -0.05) is 34.1 Å². The van der Waals surface area contributed by atoms with Gasteiger partial charge in [0.1, 0.15) is 11.6 Å². The maximum absolute atomic E-state index is 12.2. The molecule has 0 bridgehead atoms. The number of carbonyl (C=O) groups excluding carboxylic acids is 1. The standard InChI is InChI=1S/C18H16BrN3O/c1-22(2)17-8-6-13(7-9-17)10-14(12-20)18(23)21-16-5-3-4-15(19)11-16/h3-11H,1-2H3,(H,21,23)/b14-10+. The highest BCUT2D eigenvalue weighted by Gasteiger charge is 2.09. The molecule has 0 saturated carbocycles. The van der Waals surface area contributed by atoms with Gasteiger partial charge in [0.25, 0.3) is 5.91 Å². The van der Waals surface area contributed by atoms with Gasteiger partial charge < -0.3 is 10.2 Å². The normalized spacial score (nSPS) is 10.8. The lowest BCUT2D eigenvalue weighted by Crippen LogP contribution is -2.13. The molecular formula is C18H16BrN3O. The van der Waals surface area contributed by atoms with E-state index in [9.17, 15) is 10.1 Å². The van der Waals surface area contributed by atoms with Crippen LogP contribution in [0.1, 0.15) is 5.56 Å². The Morgan fingerprint density at radius 1 is 1.22 bits per heavy atom. The van der Waals surface area contributed by atoms with E-state index < -0.39 is 5.91 Å². The van der Waals surface area contributed by atoms with Crippen LogP contribution >= 0.6 is 15.9 Å². The molecule has 0 unspecified atom stereocenters. The minimum atomic E-state index is -0.428. The third-order valence-electron chi connectivity index (χ3n) is 3.17. The Labute approximate surface area is 144 Å². The van der Waals surface area contributed by atoms with Crippen LogP contribution in [0, 0.1) is 11.3 Å². The monoisotopic (exact) mass is 369 g/mol. The molecule has 0 atom stereocenters. The van der Waals surface area contributed by atoms with E-state index in [0.29, 0.717) is 5.69 Å². The van der Waals surface area contributed by atoms with Crippen LogP contribution < -0.4 is 10.2 Å². The van der Waals surface area contributed by atoms with Gasteiger partial charge in [-0.15, -0.1) is 0 Å². The molecular weight excluding hydrogens is 354 g/mol. The molecule has 23 heavy (non-hydrogen) atoms. The molecule has 116 valence electrons. The molecule has 0 aliphatic rings. The number of nitrogens with one attached hydrogen (secondary N) is 1. The van der Waals surface area contributed by atoms with Crippen molar-refractivity contribution < 1.29 is 4.79 Å². The molecule has 0 aliphatic carbocycles. The van der Waals surface area contributed by atoms with E-state index in [1.807, 2.05) is 61.5 Å². The average molecular weight is 370 g/mol. The molecule has 1 amide bonds. The Morgan fingerprint density at radius 2 is 1.91 bits per heavy atom. The summed E-state index contributed by atoms with van der Waals surface area (Å²) in [6.07, 6.45) is 1.58. The summed E-state index contributed by atoms with van der Waals surface area (Å²) in [4.78, 5) is 14.2. The second kappa shape index (κ2) is 7.61. The van der Waals surface area contributed by atoms with E-state index in [1.54, 1.807) is 18.2 Å². The molecule has 2 aromatic rings. The van der Waals surface area contributed by atoms with Crippen LogP contribution in [0.15, 0.2) is 58.6 Å². The van der Waals surface area contributed by atoms with Crippen LogP contribution in [-0.4, -0.2) is 20.0 Å². The van der Waals surface area contributed by atoms with Crippen LogP contribution in [0.3, 0.4) is 0 Å². The number of rotatable bonds is 4. The molecule has 2 rings (SSSR count). The number of benzene rings is 2. The predicted octanol–water partition coefficient (Wildman–Crippen LogP) is 4.06.